The molecule has 0 atom stereocenters. The Balaban J connectivity index is 3.04. The molecule has 6 nitrogen and oxygen atoms in total. The van der Waals surface area contributed by atoms with Gasteiger partial charge in [-0.1, -0.05) is 0 Å². The summed E-state index contributed by atoms with van der Waals surface area (Å²) in [4.78, 5) is 3.74. The number of pyridine rings is 1. The number of rotatable bonds is 4. The van der Waals surface area contributed by atoms with E-state index in [9.17, 15) is 8.42 Å². The first-order valence-electron chi connectivity index (χ1n) is 4.54. The average molecular weight is 240 g/mol. The smallest absolute Gasteiger partial charge is 0.262 e. The van der Waals surface area contributed by atoms with Crippen LogP contribution < -0.4 is 5.73 Å². The van der Waals surface area contributed by atoms with E-state index in [-0.39, 0.29) is 23.7 Å². The molecule has 0 saturated heterocycles. The van der Waals surface area contributed by atoms with Gasteiger partial charge >= 0.3 is 0 Å². The Morgan fingerprint density at radius 3 is 2.88 bits per heavy atom. The van der Waals surface area contributed by atoms with E-state index in [0.717, 1.165) is 4.31 Å². The molecule has 7 heteroatoms. The minimum Gasteiger partial charge on any atom is -0.396 e. The minimum atomic E-state index is -3.70. The molecule has 16 heavy (non-hydrogen) atoms. The van der Waals surface area contributed by atoms with Crippen molar-refractivity contribution in [1.29, 1.82) is 5.26 Å². The maximum Gasteiger partial charge on any atom is 0.262 e. The Morgan fingerprint density at radius 1 is 1.62 bits per heavy atom. The van der Waals surface area contributed by atoms with Crippen molar-refractivity contribution >= 4 is 15.7 Å². The van der Waals surface area contributed by atoms with E-state index < -0.39 is 10.0 Å². The molecule has 0 aliphatic rings. The van der Waals surface area contributed by atoms with Gasteiger partial charge in [0, 0.05) is 26.2 Å². The predicted octanol–water partition coefficient (Wildman–Crippen LogP) is 0.198. The fourth-order valence-electron chi connectivity index (χ4n) is 1.09. The molecular weight excluding hydrogens is 228 g/mol. The first kappa shape index (κ1) is 12.4. The minimum absolute atomic E-state index is 0.103. The van der Waals surface area contributed by atoms with Crippen LogP contribution in [-0.4, -0.2) is 31.3 Å². The summed E-state index contributed by atoms with van der Waals surface area (Å²) in [7, 11) is -2.31. The number of nitrogen functional groups attached to an aromatic ring is 1. The molecule has 0 bridgehead atoms. The van der Waals surface area contributed by atoms with Gasteiger partial charge < -0.3 is 5.73 Å². The second-order valence-corrected chi connectivity index (χ2v) is 5.09. The van der Waals surface area contributed by atoms with Crippen LogP contribution in [0.25, 0.3) is 0 Å². The van der Waals surface area contributed by atoms with Gasteiger partial charge in [0.15, 0.2) is 5.03 Å². The number of nitrogens with two attached hydrogens (primary N) is 1. The summed E-state index contributed by atoms with van der Waals surface area (Å²) in [6.45, 7) is 0.120. The molecule has 0 radical (unpaired) electrons. The molecular formula is C9H12N4O2S. The molecule has 2 N–H and O–H groups in total. The molecule has 0 saturated carbocycles. The maximum absolute atomic E-state index is 11.9. The number of hydrogen-bond acceptors (Lipinski definition) is 5. The first-order valence-corrected chi connectivity index (χ1v) is 5.98. The van der Waals surface area contributed by atoms with E-state index in [4.69, 9.17) is 11.0 Å². The van der Waals surface area contributed by atoms with Crippen LogP contribution in [0.4, 0.5) is 5.69 Å². The van der Waals surface area contributed by atoms with Crippen molar-refractivity contribution < 1.29 is 8.42 Å². The second kappa shape index (κ2) is 4.92. The summed E-state index contributed by atoms with van der Waals surface area (Å²) in [6, 6.07) is 4.91. The SMILES string of the molecule is CN(CCC#N)S(=O)(=O)c1ncccc1N. The Kier molecular flexibility index (Phi) is 3.82. The van der Waals surface area contributed by atoms with Gasteiger partial charge in [-0.3, -0.25) is 0 Å². The van der Waals surface area contributed by atoms with Crippen molar-refractivity contribution in [3.63, 3.8) is 0 Å². The van der Waals surface area contributed by atoms with Crippen molar-refractivity contribution in [2.75, 3.05) is 19.3 Å². The van der Waals surface area contributed by atoms with Crippen molar-refractivity contribution in [2.45, 2.75) is 11.4 Å². The standard InChI is InChI=1S/C9H12N4O2S/c1-13(7-3-5-10)16(14,15)9-8(11)4-2-6-12-9/h2,4,6H,3,7,11H2,1H3. The van der Waals surface area contributed by atoms with Gasteiger partial charge in [-0.25, -0.2) is 13.4 Å². The summed E-state index contributed by atoms with van der Waals surface area (Å²) in [5.74, 6) is 0. The Morgan fingerprint density at radius 2 is 2.31 bits per heavy atom. The van der Waals surface area contributed by atoms with Crippen molar-refractivity contribution in [1.82, 2.24) is 9.29 Å². The normalized spacial score (nSPS) is 11.3. The molecule has 1 aromatic rings. The van der Waals surface area contributed by atoms with E-state index in [1.54, 1.807) is 6.07 Å². The third kappa shape index (κ3) is 2.48. The van der Waals surface area contributed by atoms with Crippen LogP contribution in [0.5, 0.6) is 0 Å². The summed E-state index contributed by atoms with van der Waals surface area (Å²) in [6.07, 6.45) is 1.49. The number of aromatic nitrogens is 1. The van der Waals surface area contributed by atoms with Gasteiger partial charge in [0.25, 0.3) is 10.0 Å². The lowest BCUT2D eigenvalue weighted by atomic mass is 10.4. The van der Waals surface area contributed by atoms with Crippen LogP contribution >= 0.6 is 0 Å². The van der Waals surface area contributed by atoms with E-state index in [2.05, 4.69) is 4.98 Å². The largest absolute Gasteiger partial charge is 0.396 e. The fourth-order valence-corrected chi connectivity index (χ4v) is 2.28. The highest BCUT2D eigenvalue weighted by atomic mass is 32.2. The number of sulfonamides is 1. The van der Waals surface area contributed by atoms with Crippen LogP contribution in [-0.2, 0) is 10.0 Å². The van der Waals surface area contributed by atoms with Gasteiger partial charge in [0.2, 0.25) is 0 Å². The number of nitrogens with zero attached hydrogens (tertiary/aromatic N) is 3. The van der Waals surface area contributed by atoms with Crippen LogP contribution in [0.1, 0.15) is 6.42 Å². The number of anilines is 1. The topological polar surface area (TPSA) is 100 Å². The molecule has 1 rings (SSSR count). The summed E-state index contributed by atoms with van der Waals surface area (Å²) in [5, 5.41) is 8.22. The summed E-state index contributed by atoms with van der Waals surface area (Å²) < 4.78 is 24.9. The highest BCUT2D eigenvalue weighted by Crippen LogP contribution is 2.17. The highest BCUT2D eigenvalue weighted by molar-refractivity contribution is 7.89. The van der Waals surface area contributed by atoms with Crippen LogP contribution in [0, 0.1) is 11.3 Å². The van der Waals surface area contributed by atoms with E-state index in [1.165, 1.54) is 19.3 Å². The third-order valence-electron chi connectivity index (χ3n) is 1.99. The summed E-state index contributed by atoms with van der Waals surface area (Å²) in [5.41, 5.74) is 5.64. The molecule has 0 spiro atoms. The molecule has 0 unspecified atom stereocenters. The second-order valence-electron chi connectivity index (χ2n) is 3.13. The molecule has 0 amide bonds. The Hall–Kier alpha value is -1.65. The van der Waals surface area contributed by atoms with Crippen LogP contribution in [0.3, 0.4) is 0 Å². The van der Waals surface area contributed by atoms with Crippen LogP contribution in [0.15, 0.2) is 23.4 Å². The van der Waals surface area contributed by atoms with Crippen molar-refractivity contribution in [3.05, 3.63) is 18.3 Å². The number of hydrogen-bond donors (Lipinski definition) is 1. The monoisotopic (exact) mass is 240 g/mol. The molecule has 0 aliphatic heterocycles. The average Bonchev–Trinajstić information content (AvgIpc) is 2.26. The van der Waals surface area contributed by atoms with Crippen molar-refractivity contribution in [3.8, 4) is 6.07 Å². The zero-order valence-corrected chi connectivity index (χ0v) is 9.61. The highest BCUT2D eigenvalue weighted by Gasteiger charge is 2.23. The van der Waals surface area contributed by atoms with E-state index >= 15 is 0 Å². The molecule has 0 fully saturated rings. The van der Waals surface area contributed by atoms with E-state index in [0.29, 0.717) is 0 Å². The number of nitriles is 1. The van der Waals surface area contributed by atoms with Gasteiger partial charge in [0.1, 0.15) is 0 Å². The molecule has 86 valence electrons. The third-order valence-corrected chi connectivity index (χ3v) is 3.83. The summed E-state index contributed by atoms with van der Waals surface area (Å²) >= 11 is 0. The first-order chi connectivity index (χ1) is 7.50. The predicted molar refractivity (Wildman–Crippen MR) is 58.7 cm³/mol. The fraction of sp³-hybridized carbons (Fsp3) is 0.333. The Labute approximate surface area is 94.4 Å². The van der Waals surface area contributed by atoms with Gasteiger partial charge in [-0.15, -0.1) is 0 Å². The molecule has 1 aromatic heterocycles. The zero-order valence-electron chi connectivity index (χ0n) is 8.79. The van der Waals surface area contributed by atoms with Crippen molar-refractivity contribution in [2.24, 2.45) is 0 Å². The Bertz CT molecular complexity index is 506. The zero-order chi connectivity index (χ0) is 12.2. The van der Waals surface area contributed by atoms with Crippen LogP contribution in [0.2, 0.25) is 0 Å². The maximum atomic E-state index is 11.9. The lowest BCUT2D eigenvalue weighted by Gasteiger charge is -2.15. The lowest BCUT2D eigenvalue weighted by Crippen LogP contribution is -2.29. The van der Waals surface area contributed by atoms with E-state index in [1.807, 2.05) is 6.07 Å². The van der Waals surface area contributed by atoms with Gasteiger partial charge in [-0.05, 0) is 12.1 Å². The van der Waals surface area contributed by atoms with Gasteiger partial charge in [0.05, 0.1) is 11.8 Å². The molecule has 0 aromatic carbocycles. The molecule has 0 aliphatic carbocycles. The lowest BCUT2D eigenvalue weighted by molar-refractivity contribution is 0.474. The van der Waals surface area contributed by atoms with Gasteiger partial charge in [-0.2, -0.15) is 9.57 Å². The quantitative estimate of drug-likeness (QED) is 0.810. The molecule has 1 heterocycles.